The summed E-state index contributed by atoms with van der Waals surface area (Å²) >= 11 is 7.24. The van der Waals surface area contributed by atoms with E-state index < -0.39 is 0 Å². The van der Waals surface area contributed by atoms with Crippen LogP contribution in [0.25, 0.3) is 0 Å². The van der Waals surface area contributed by atoms with Crippen LogP contribution < -0.4 is 10.2 Å². The van der Waals surface area contributed by atoms with Crippen molar-refractivity contribution in [1.82, 2.24) is 10.3 Å². The molecule has 0 saturated carbocycles. The van der Waals surface area contributed by atoms with Crippen LogP contribution in [0.5, 0.6) is 0 Å². The molecule has 0 bridgehead atoms. The fourth-order valence-corrected chi connectivity index (χ4v) is 4.61. The van der Waals surface area contributed by atoms with E-state index in [0.717, 1.165) is 10.6 Å². The molecular formula is C19H16FN3S2. The molecule has 2 atom stereocenters. The zero-order valence-corrected chi connectivity index (χ0v) is 15.2. The number of para-hydroxylation sites is 1. The Morgan fingerprint density at radius 2 is 1.96 bits per heavy atom. The minimum absolute atomic E-state index is 0.134. The highest BCUT2D eigenvalue weighted by molar-refractivity contribution is 7.80. The number of thiocarbonyl (C=S) groups is 1. The van der Waals surface area contributed by atoms with Gasteiger partial charge in [-0.1, -0.05) is 18.2 Å². The third-order valence-corrected chi connectivity index (χ3v) is 5.78. The molecule has 1 saturated heterocycles. The maximum Gasteiger partial charge on any atom is 0.174 e. The summed E-state index contributed by atoms with van der Waals surface area (Å²) < 4.78 is 14.5. The molecule has 25 heavy (non-hydrogen) atoms. The zero-order valence-electron chi connectivity index (χ0n) is 13.5. The van der Waals surface area contributed by atoms with Gasteiger partial charge in [0.05, 0.1) is 23.5 Å². The summed E-state index contributed by atoms with van der Waals surface area (Å²) in [6.45, 7) is 2.07. The van der Waals surface area contributed by atoms with Crippen molar-refractivity contribution in [3.05, 3.63) is 82.1 Å². The van der Waals surface area contributed by atoms with Crippen LogP contribution in [0.3, 0.4) is 0 Å². The van der Waals surface area contributed by atoms with Gasteiger partial charge in [-0.2, -0.15) is 0 Å². The second-order valence-corrected chi connectivity index (χ2v) is 7.25. The first kappa shape index (κ1) is 16.2. The number of nitrogens with one attached hydrogen (secondary N) is 1. The van der Waals surface area contributed by atoms with Crippen LogP contribution in [0.2, 0.25) is 0 Å². The summed E-state index contributed by atoms with van der Waals surface area (Å²) in [5.74, 6) is -0.285. The Morgan fingerprint density at radius 1 is 1.16 bits per heavy atom. The zero-order chi connectivity index (χ0) is 17.4. The molecule has 1 aliphatic rings. The molecule has 4 rings (SSSR count). The predicted octanol–water partition coefficient (Wildman–Crippen LogP) is 4.77. The summed E-state index contributed by atoms with van der Waals surface area (Å²) in [6, 6.07) is 14.4. The SMILES string of the molecule is Cc1ccsc1[C@@H]1[C@@H](c2ccccn2)NC(=S)N1c1ccccc1F. The van der Waals surface area contributed by atoms with E-state index in [4.69, 9.17) is 12.2 Å². The molecule has 1 N–H and O–H groups in total. The van der Waals surface area contributed by atoms with Gasteiger partial charge in [0.1, 0.15) is 5.82 Å². The smallest absolute Gasteiger partial charge is 0.174 e. The van der Waals surface area contributed by atoms with E-state index in [1.165, 1.54) is 11.6 Å². The summed E-state index contributed by atoms with van der Waals surface area (Å²) in [5, 5.41) is 5.92. The molecule has 6 heteroatoms. The van der Waals surface area contributed by atoms with E-state index in [1.54, 1.807) is 29.7 Å². The van der Waals surface area contributed by atoms with Gasteiger partial charge < -0.3 is 10.2 Å². The van der Waals surface area contributed by atoms with Crippen LogP contribution in [-0.2, 0) is 0 Å². The summed E-state index contributed by atoms with van der Waals surface area (Å²) in [5.41, 5.74) is 2.54. The van der Waals surface area contributed by atoms with Gasteiger partial charge in [-0.25, -0.2) is 4.39 Å². The van der Waals surface area contributed by atoms with Crippen LogP contribution in [0.15, 0.2) is 60.1 Å². The van der Waals surface area contributed by atoms with Gasteiger partial charge in [0.15, 0.2) is 5.11 Å². The highest BCUT2D eigenvalue weighted by atomic mass is 32.1. The third kappa shape index (κ3) is 2.81. The lowest BCUT2D eigenvalue weighted by molar-refractivity contribution is 0.563. The summed E-state index contributed by atoms with van der Waals surface area (Å²) in [4.78, 5) is 7.53. The largest absolute Gasteiger partial charge is 0.351 e. The standard InChI is InChI=1S/C19H16FN3S2/c1-12-9-11-25-18(12)17-16(14-7-4-5-10-21-14)22-19(24)23(17)15-8-3-2-6-13(15)20/h2-11,16-17H,1H3,(H,22,24)/t16-,17+/m1/s1. The Morgan fingerprint density at radius 3 is 2.64 bits per heavy atom. The van der Waals surface area contributed by atoms with Gasteiger partial charge in [-0.3, -0.25) is 4.98 Å². The average Bonchev–Trinajstić information content (AvgIpc) is 3.19. The van der Waals surface area contributed by atoms with Crippen LogP contribution >= 0.6 is 23.6 Å². The van der Waals surface area contributed by atoms with Crippen LogP contribution in [0, 0.1) is 12.7 Å². The van der Waals surface area contributed by atoms with Crippen molar-refractivity contribution in [3.8, 4) is 0 Å². The first-order chi connectivity index (χ1) is 12.2. The van der Waals surface area contributed by atoms with E-state index >= 15 is 0 Å². The maximum atomic E-state index is 14.5. The highest BCUT2D eigenvalue weighted by Crippen LogP contribution is 2.44. The van der Waals surface area contributed by atoms with Crippen molar-refractivity contribution in [2.45, 2.75) is 19.0 Å². The first-order valence-electron chi connectivity index (χ1n) is 7.96. The topological polar surface area (TPSA) is 28.2 Å². The highest BCUT2D eigenvalue weighted by Gasteiger charge is 2.42. The lowest BCUT2D eigenvalue weighted by Gasteiger charge is -2.27. The van der Waals surface area contributed by atoms with Gasteiger partial charge >= 0.3 is 0 Å². The van der Waals surface area contributed by atoms with Crippen molar-refractivity contribution in [1.29, 1.82) is 0 Å². The molecule has 0 aliphatic carbocycles. The number of benzene rings is 1. The number of anilines is 1. The van der Waals surface area contributed by atoms with Crippen molar-refractivity contribution >= 4 is 34.4 Å². The van der Waals surface area contributed by atoms with Crippen molar-refractivity contribution in [3.63, 3.8) is 0 Å². The maximum absolute atomic E-state index is 14.5. The van der Waals surface area contributed by atoms with E-state index in [9.17, 15) is 4.39 Å². The summed E-state index contributed by atoms with van der Waals surface area (Å²) in [6.07, 6.45) is 1.77. The molecule has 0 spiro atoms. The number of rotatable bonds is 3. The Kier molecular flexibility index (Phi) is 4.23. The molecular weight excluding hydrogens is 353 g/mol. The molecule has 126 valence electrons. The number of nitrogens with zero attached hydrogens (tertiary/aromatic N) is 2. The molecule has 3 nitrogen and oxygen atoms in total. The van der Waals surface area contributed by atoms with E-state index in [0.29, 0.717) is 10.8 Å². The van der Waals surface area contributed by atoms with Gasteiger partial charge in [-0.05, 0) is 60.4 Å². The number of aryl methyl sites for hydroxylation is 1. The van der Waals surface area contributed by atoms with Gasteiger partial charge in [0, 0.05) is 11.1 Å². The molecule has 0 unspecified atom stereocenters. The first-order valence-corrected chi connectivity index (χ1v) is 9.25. The van der Waals surface area contributed by atoms with E-state index in [2.05, 4.69) is 28.7 Å². The average molecular weight is 369 g/mol. The minimum Gasteiger partial charge on any atom is -0.351 e. The second-order valence-electron chi connectivity index (χ2n) is 5.92. The number of pyridine rings is 1. The van der Waals surface area contributed by atoms with Crippen molar-refractivity contribution in [2.24, 2.45) is 0 Å². The van der Waals surface area contributed by atoms with Gasteiger partial charge in [-0.15, -0.1) is 11.3 Å². The van der Waals surface area contributed by atoms with E-state index in [1.807, 2.05) is 29.2 Å². The molecule has 0 amide bonds. The van der Waals surface area contributed by atoms with Crippen molar-refractivity contribution in [2.75, 3.05) is 4.90 Å². The fraction of sp³-hybridized carbons (Fsp3) is 0.158. The fourth-order valence-electron chi connectivity index (χ4n) is 3.21. The number of halogens is 1. The normalized spacial score (nSPS) is 19.9. The second kappa shape index (κ2) is 6.54. The Balaban J connectivity index is 1.87. The van der Waals surface area contributed by atoms with Crippen molar-refractivity contribution < 1.29 is 4.39 Å². The third-order valence-electron chi connectivity index (χ3n) is 4.38. The van der Waals surface area contributed by atoms with E-state index in [-0.39, 0.29) is 17.9 Å². The summed E-state index contributed by atoms with van der Waals surface area (Å²) in [7, 11) is 0. The number of hydrogen-bond acceptors (Lipinski definition) is 3. The molecule has 3 heterocycles. The lowest BCUT2D eigenvalue weighted by atomic mass is 10.0. The molecule has 1 aliphatic heterocycles. The molecule has 2 aromatic heterocycles. The Hall–Kier alpha value is -2.31. The lowest BCUT2D eigenvalue weighted by Crippen LogP contribution is -2.30. The van der Waals surface area contributed by atoms with Crippen LogP contribution in [0.1, 0.15) is 28.2 Å². The van der Waals surface area contributed by atoms with Crippen LogP contribution in [-0.4, -0.2) is 10.1 Å². The number of hydrogen-bond donors (Lipinski definition) is 1. The predicted molar refractivity (Wildman–Crippen MR) is 103 cm³/mol. The Labute approximate surface area is 155 Å². The number of thiophene rings is 1. The quantitative estimate of drug-likeness (QED) is 0.673. The van der Waals surface area contributed by atoms with Gasteiger partial charge in [0.2, 0.25) is 0 Å². The molecule has 3 aromatic rings. The molecule has 1 fully saturated rings. The Bertz CT molecular complexity index is 910. The van der Waals surface area contributed by atoms with Crippen LogP contribution in [0.4, 0.5) is 10.1 Å². The number of aromatic nitrogens is 1. The monoisotopic (exact) mass is 369 g/mol. The molecule has 0 radical (unpaired) electrons. The van der Waals surface area contributed by atoms with Gasteiger partial charge in [0.25, 0.3) is 0 Å². The molecule has 1 aromatic carbocycles. The minimum atomic E-state index is -0.285.